The summed E-state index contributed by atoms with van der Waals surface area (Å²) >= 11 is 0. The van der Waals surface area contributed by atoms with Crippen LogP contribution in [0.3, 0.4) is 0 Å². The van der Waals surface area contributed by atoms with Crippen LogP contribution >= 0.6 is 0 Å². The number of carbonyl (C=O) groups excluding carboxylic acids is 2. The molecule has 1 atom stereocenters. The highest BCUT2D eigenvalue weighted by Gasteiger charge is 2.39. The third-order valence-electron chi connectivity index (χ3n) is 6.20. The van der Waals surface area contributed by atoms with Gasteiger partial charge in [0.2, 0.25) is 0 Å². The molecule has 0 amide bonds. The predicted molar refractivity (Wildman–Crippen MR) is 109 cm³/mol. The summed E-state index contributed by atoms with van der Waals surface area (Å²) in [5.74, 6) is -0.455. The summed E-state index contributed by atoms with van der Waals surface area (Å²) in [7, 11) is 0. The summed E-state index contributed by atoms with van der Waals surface area (Å²) < 4.78 is 5.93. The molecule has 0 saturated heterocycles. The van der Waals surface area contributed by atoms with E-state index in [4.69, 9.17) is 4.74 Å². The van der Waals surface area contributed by atoms with Crippen molar-refractivity contribution in [1.29, 1.82) is 0 Å². The molecule has 1 fully saturated rings. The number of dihydropyridines is 1. The quantitative estimate of drug-likeness (QED) is 0.764. The molecule has 28 heavy (non-hydrogen) atoms. The van der Waals surface area contributed by atoms with Crippen LogP contribution in [0.25, 0.3) is 0 Å². The van der Waals surface area contributed by atoms with Crippen LogP contribution in [-0.4, -0.2) is 17.9 Å². The van der Waals surface area contributed by atoms with E-state index in [0.29, 0.717) is 12.0 Å². The zero-order valence-electron chi connectivity index (χ0n) is 16.8. The van der Waals surface area contributed by atoms with Gasteiger partial charge in [-0.2, -0.15) is 0 Å². The standard InChI is InChI=1S/C24H29NO3/c1-15-8-6-9-17(14-15)22-21(24(27)28-18-10-4-3-5-11-18)16(2)25-19-12-7-13-20(26)23(19)22/h6,8-9,14,18,22,25H,3-5,7,10-13H2,1-2H3/t22-/m0/s1. The van der Waals surface area contributed by atoms with E-state index in [9.17, 15) is 9.59 Å². The minimum atomic E-state index is -0.333. The van der Waals surface area contributed by atoms with Gasteiger partial charge in [0.25, 0.3) is 0 Å². The maximum atomic E-state index is 13.3. The van der Waals surface area contributed by atoms with E-state index in [1.54, 1.807) is 0 Å². The maximum Gasteiger partial charge on any atom is 0.337 e. The normalized spacial score (nSPS) is 23.4. The SMILES string of the molecule is CC1=C(C(=O)OC2CCCCC2)[C@H](c2cccc(C)c2)C2=C(CCCC2=O)N1. The number of Topliss-reactive ketones (excluding diaryl/α,β-unsaturated/α-hetero) is 1. The molecule has 3 aliphatic rings. The molecule has 0 unspecified atom stereocenters. The number of aryl methyl sites for hydroxylation is 1. The van der Waals surface area contributed by atoms with Crippen LogP contribution in [-0.2, 0) is 14.3 Å². The van der Waals surface area contributed by atoms with Crippen molar-refractivity contribution in [2.45, 2.75) is 77.2 Å². The van der Waals surface area contributed by atoms with Gasteiger partial charge in [0, 0.05) is 29.3 Å². The van der Waals surface area contributed by atoms with Gasteiger partial charge in [-0.05, 0) is 57.9 Å². The van der Waals surface area contributed by atoms with Crippen molar-refractivity contribution in [2.75, 3.05) is 0 Å². The topological polar surface area (TPSA) is 55.4 Å². The fraction of sp³-hybridized carbons (Fsp3) is 0.500. The van der Waals surface area contributed by atoms with Crippen LogP contribution in [0.4, 0.5) is 0 Å². The lowest BCUT2D eigenvalue weighted by Gasteiger charge is -2.35. The monoisotopic (exact) mass is 379 g/mol. The van der Waals surface area contributed by atoms with Gasteiger partial charge in [-0.15, -0.1) is 0 Å². The van der Waals surface area contributed by atoms with Crippen molar-refractivity contribution in [1.82, 2.24) is 5.32 Å². The first-order valence-electron chi connectivity index (χ1n) is 10.6. The van der Waals surface area contributed by atoms with Crippen molar-refractivity contribution in [2.24, 2.45) is 0 Å². The molecule has 0 bridgehead atoms. The Morgan fingerprint density at radius 2 is 1.86 bits per heavy atom. The Morgan fingerprint density at radius 1 is 1.07 bits per heavy atom. The highest BCUT2D eigenvalue weighted by Crippen LogP contribution is 2.43. The van der Waals surface area contributed by atoms with E-state index in [0.717, 1.165) is 66.6 Å². The number of ketones is 1. The van der Waals surface area contributed by atoms with Gasteiger partial charge in [-0.3, -0.25) is 4.79 Å². The molecular weight excluding hydrogens is 350 g/mol. The number of hydrogen-bond acceptors (Lipinski definition) is 4. The number of benzene rings is 1. The number of allylic oxidation sites excluding steroid dienone is 3. The largest absolute Gasteiger partial charge is 0.459 e. The Balaban J connectivity index is 1.74. The van der Waals surface area contributed by atoms with Crippen molar-refractivity contribution in [3.05, 3.63) is 57.9 Å². The molecule has 1 N–H and O–H groups in total. The van der Waals surface area contributed by atoms with E-state index in [-0.39, 0.29) is 23.8 Å². The summed E-state index contributed by atoms with van der Waals surface area (Å²) in [5, 5.41) is 3.37. The van der Waals surface area contributed by atoms with E-state index in [1.165, 1.54) is 6.42 Å². The molecular formula is C24H29NO3. The number of nitrogens with one attached hydrogen (secondary N) is 1. The third-order valence-corrected chi connectivity index (χ3v) is 6.20. The van der Waals surface area contributed by atoms with Crippen LogP contribution in [0.15, 0.2) is 46.8 Å². The Morgan fingerprint density at radius 3 is 2.61 bits per heavy atom. The molecule has 1 aromatic rings. The summed E-state index contributed by atoms with van der Waals surface area (Å²) in [6.45, 7) is 3.97. The molecule has 4 rings (SSSR count). The number of rotatable bonds is 3. The number of carbonyl (C=O) groups is 2. The average Bonchev–Trinajstić information content (AvgIpc) is 2.68. The molecule has 0 spiro atoms. The molecule has 1 saturated carbocycles. The Bertz CT molecular complexity index is 858. The zero-order chi connectivity index (χ0) is 19.7. The lowest BCUT2D eigenvalue weighted by atomic mass is 9.75. The Hall–Kier alpha value is -2.36. The summed E-state index contributed by atoms with van der Waals surface area (Å²) in [4.78, 5) is 26.2. The molecule has 4 heteroatoms. The lowest BCUT2D eigenvalue weighted by Crippen LogP contribution is -2.35. The van der Waals surface area contributed by atoms with E-state index in [1.807, 2.05) is 32.0 Å². The van der Waals surface area contributed by atoms with Crippen molar-refractivity contribution in [3.8, 4) is 0 Å². The minimum absolute atomic E-state index is 0.00265. The highest BCUT2D eigenvalue weighted by atomic mass is 16.5. The van der Waals surface area contributed by atoms with Gasteiger partial charge in [-0.1, -0.05) is 36.2 Å². The van der Waals surface area contributed by atoms with Crippen molar-refractivity contribution >= 4 is 11.8 Å². The number of ether oxygens (including phenoxy) is 1. The van der Waals surface area contributed by atoms with Crippen LogP contribution in [0.5, 0.6) is 0 Å². The summed E-state index contributed by atoms with van der Waals surface area (Å²) in [5.41, 5.74) is 5.29. The predicted octanol–water partition coefficient (Wildman–Crippen LogP) is 4.84. The van der Waals surface area contributed by atoms with Crippen LogP contribution in [0.1, 0.15) is 75.3 Å². The second kappa shape index (κ2) is 7.94. The molecule has 148 valence electrons. The third kappa shape index (κ3) is 3.65. The highest BCUT2D eigenvalue weighted by molar-refractivity contribution is 6.03. The van der Waals surface area contributed by atoms with Crippen LogP contribution < -0.4 is 5.32 Å². The van der Waals surface area contributed by atoms with Crippen molar-refractivity contribution < 1.29 is 14.3 Å². The molecule has 4 nitrogen and oxygen atoms in total. The second-order valence-electron chi connectivity index (χ2n) is 8.35. The van der Waals surface area contributed by atoms with E-state index >= 15 is 0 Å². The molecule has 0 radical (unpaired) electrons. The smallest absolute Gasteiger partial charge is 0.337 e. The fourth-order valence-corrected chi connectivity index (χ4v) is 4.83. The zero-order valence-corrected chi connectivity index (χ0v) is 16.8. The summed E-state index contributed by atoms with van der Waals surface area (Å²) in [6, 6.07) is 8.15. The first kappa shape index (κ1) is 19.0. The van der Waals surface area contributed by atoms with Gasteiger partial charge >= 0.3 is 5.97 Å². The molecule has 1 heterocycles. The Kier molecular flexibility index (Phi) is 5.38. The van der Waals surface area contributed by atoms with Gasteiger partial charge < -0.3 is 10.1 Å². The van der Waals surface area contributed by atoms with Gasteiger partial charge in [0.1, 0.15) is 6.10 Å². The summed E-state index contributed by atoms with van der Waals surface area (Å²) in [6.07, 6.45) is 7.58. The first-order valence-corrected chi connectivity index (χ1v) is 10.6. The molecule has 0 aromatic heterocycles. The molecule has 1 aromatic carbocycles. The van der Waals surface area contributed by atoms with E-state index < -0.39 is 0 Å². The minimum Gasteiger partial charge on any atom is -0.459 e. The second-order valence-corrected chi connectivity index (χ2v) is 8.35. The average molecular weight is 380 g/mol. The lowest BCUT2D eigenvalue weighted by molar-refractivity contribution is -0.146. The van der Waals surface area contributed by atoms with Gasteiger partial charge in [0.15, 0.2) is 5.78 Å². The number of hydrogen-bond donors (Lipinski definition) is 1. The van der Waals surface area contributed by atoms with Gasteiger partial charge in [0.05, 0.1) is 5.57 Å². The maximum absolute atomic E-state index is 13.3. The Labute approximate surface area is 167 Å². The van der Waals surface area contributed by atoms with Gasteiger partial charge in [-0.25, -0.2) is 4.79 Å². The molecule has 1 aliphatic heterocycles. The van der Waals surface area contributed by atoms with E-state index in [2.05, 4.69) is 11.4 Å². The van der Waals surface area contributed by atoms with Crippen LogP contribution in [0, 0.1) is 6.92 Å². The first-order chi connectivity index (χ1) is 13.5. The fourth-order valence-electron chi connectivity index (χ4n) is 4.83. The molecule has 2 aliphatic carbocycles. The van der Waals surface area contributed by atoms with Crippen LogP contribution in [0.2, 0.25) is 0 Å². The number of esters is 1. The van der Waals surface area contributed by atoms with Crippen molar-refractivity contribution in [3.63, 3.8) is 0 Å².